The third-order valence-electron chi connectivity index (χ3n) is 9.27. The minimum Gasteiger partial charge on any atom is -0.393 e. The predicted octanol–water partition coefficient (Wildman–Crippen LogP) is 5.81. The molecule has 3 N–H and O–H groups in total. The molecule has 8 atom stereocenters. The second kappa shape index (κ2) is 9.53. The molecule has 0 spiro atoms. The molecule has 0 bridgehead atoms. The van der Waals surface area contributed by atoms with Crippen LogP contribution >= 0.6 is 0 Å². The Kier molecular flexibility index (Phi) is 7.61. The fourth-order valence-corrected chi connectivity index (χ4v) is 6.82. The first-order valence-corrected chi connectivity index (χ1v) is 12.6. The van der Waals surface area contributed by atoms with Crippen LogP contribution in [0.2, 0.25) is 0 Å². The van der Waals surface area contributed by atoms with Crippen molar-refractivity contribution in [2.75, 3.05) is 0 Å². The standard InChI is InChI=1S/C28H46O3/c1-18(2)19(3)8-9-21(5)24-12-13-25-27(24,6)14-7-15-28(25,31)26(30)17-22-16-23(29)11-10-20(22)4/h8-9,17-19,21,23-26,29-31H,4,7,10-16H2,1-3,5-6H3/b9-8+,22-17-/t19-,21+,23+,24+,25-,26+,27+,28+/m0/s1. The summed E-state index contributed by atoms with van der Waals surface area (Å²) in [6, 6.07) is 0. The summed E-state index contributed by atoms with van der Waals surface area (Å²) in [7, 11) is 0. The van der Waals surface area contributed by atoms with Gasteiger partial charge in [0, 0.05) is 0 Å². The maximum atomic E-state index is 11.8. The lowest BCUT2D eigenvalue weighted by atomic mass is 9.56. The molecule has 3 fully saturated rings. The monoisotopic (exact) mass is 430 g/mol. The van der Waals surface area contributed by atoms with E-state index >= 15 is 0 Å². The van der Waals surface area contributed by atoms with E-state index in [4.69, 9.17) is 0 Å². The molecule has 3 heteroatoms. The van der Waals surface area contributed by atoms with Gasteiger partial charge < -0.3 is 15.3 Å². The van der Waals surface area contributed by atoms with E-state index in [9.17, 15) is 15.3 Å². The van der Waals surface area contributed by atoms with Crippen molar-refractivity contribution < 1.29 is 15.3 Å². The first-order valence-electron chi connectivity index (χ1n) is 12.6. The topological polar surface area (TPSA) is 60.7 Å². The van der Waals surface area contributed by atoms with E-state index in [1.807, 2.05) is 6.08 Å². The van der Waals surface area contributed by atoms with Crippen molar-refractivity contribution in [2.45, 2.75) is 104 Å². The van der Waals surface area contributed by atoms with Gasteiger partial charge in [-0.3, -0.25) is 0 Å². The lowest BCUT2D eigenvalue weighted by Crippen LogP contribution is -2.56. The zero-order chi connectivity index (χ0) is 23.0. The first kappa shape index (κ1) is 24.7. The summed E-state index contributed by atoms with van der Waals surface area (Å²) in [6.07, 6.45) is 12.2. The van der Waals surface area contributed by atoms with Crippen molar-refractivity contribution >= 4 is 0 Å². The lowest BCUT2D eigenvalue weighted by molar-refractivity contribution is -0.155. The van der Waals surface area contributed by atoms with Crippen LogP contribution in [0.1, 0.15) is 86.0 Å². The Morgan fingerprint density at radius 1 is 1.06 bits per heavy atom. The molecular weight excluding hydrogens is 384 g/mol. The molecule has 3 saturated carbocycles. The zero-order valence-corrected chi connectivity index (χ0v) is 20.5. The number of rotatable bonds is 6. The molecule has 176 valence electrons. The molecule has 3 aliphatic rings. The van der Waals surface area contributed by atoms with Crippen LogP contribution in [0.15, 0.2) is 36.0 Å². The summed E-state index contributed by atoms with van der Waals surface area (Å²) in [4.78, 5) is 0. The van der Waals surface area contributed by atoms with Gasteiger partial charge in [0.2, 0.25) is 0 Å². The van der Waals surface area contributed by atoms with E-state index < -0.39 is 11.7 Å². The molecule has 0 amide bonds. The molecule has 0 saturated heterocycles. The van der Waals surface area contributed by atoms with E-state index in [1.54, 1.807) is 0 Å². The Balaban J connectivity index is 1.80. The average molecular weight is 431 g/mol. The minimum absolute atomic E-state index is 0.0421. The summed E-state index contributed by atoms with van der Waals surface area (Å²) in [6.45, 7) is 15.6. The predicted molar refractivity (Wildman–Crippen MR) is 129 cm³/mol. The van der Waals surface area contributed by atoms with Crippen LogP contribution < -0.4 is 0 Å². The van der Waals surface area contributed by atoms with Crippen LogP contribution in [0, 0.1) is 35.0 Å². The summed E-state index contributed by atoms with van der Waals surface area (Å²) in [5, 5.41) is 33.2. The van der Waals surface area contributed by atoms with Gasteiger partial charge in [0.05, 0.1) is 11.7 Å². The molecule has 0 heterocycles. The zero-order valence-electron chi connectivity index (χ0n) is 20.5. The normalized spacial score (nSPS) is 41.0. The van der Waals surface area contributed by atoms with E-state index in [-0.39, 0.29) is 17.4 Å². The Labute approximate surface area is 190 Å². The van der Waals surface area contributed by atoms with Crippen LogP contribution in [-0.4, -0.2) is 33.1 Å². The molecule has 0 aromatic rings. The number of hydrogen-bond acceptors (Lipinski definition) is 3. The highest BCUT2D eigenvalue weighted by molar-refractivity contribution is 5.33. The Hall–Kier alpha value is -0.900. The molecule has 31 heavy (non-hydrogen) atoms. The van der Waals surface area contributed by atoms with E-state index in [2.05, 4.69) is 53.3 Å². The Morgan fingerprint density at radius 3 is 2.45 bits per heavy atom. The van der Waals surface area contributed by atoms with E-state index in [1.165, 1.54) is 0 Å². The Bertz CT molecular complexity index is 707. The quantitative estimate of drug-likeness (QED) is 0.466. The van der Waals surface area contributed by atoms with Crippen LogP contribution in [0.5, 0.6) is 0 Å². The van der Waals surface area contributed by atoms with Crippen molar-refractivity contribution in [2.24, 2.45) is 35.0 Å². The lowest BCUT2D eigenvalue weighted by Gasteiger charge is -2.52. The highest BCUT2D eigenvalue weighted by atomic mass is 16.3. The summed E-state index contributed by atoms with van der Waals surface area (Å²) in [5.74, 6) is 2.33. The van der Waals surface area contributed by atoms with Crippen LogP contribution in [0.3, 0.4) is 0 Å². The molecule has 3 nitrogen and oxygen atoms in total. The second-order valence-corrected chi connectivity index (χ2v) is 11.6. The third-order valence-corrected chi connectivity index (χ3v) is 9.27. The van der Waals surface area contributed by atoms with Crippen molar-refractivity contribution in [1.82, 2.24) is 0 Å². The molecule has 0 aliphatic heterocycles. The molecule has 0 aromatic heterocycles. The van der Waals surface area contributed by atoms with Gasteiger partial charge in [0.1, 0.15) is 6.10 Å². The highest BCUT2D eigenvalue weighted by Crippen LogP contribution is 2.61. The molecule has 0 aromatic carbocycles. The third kappa shape index (κ3) is 4.89. The van der Waals surface area contributed by atoms with E-state index in [0.29, 0.717) is 36.5 Å². The van der Waals surface area contributed by atoms with Gasteiger partial charge in [-0.25, -0.2) is 0 Å². The summed E-state index contributed by atoms with van der Waals surface area (Å²) >= 11 is 0. The van der Waals surface area contributed by atoms with Crippen molar-refractivity contribution in [3.63, 3.8) is 0 Å². The number of aliphatic hydroxyl groups excluding tert-OH is 2. The van der Waals surface area contributed by atoms with Crippen LogP contribution in [0.25, 0.3) is 0 Å². The summed E-state index contributed by atoms with van der Waals surface area (Å²) in [5.41, 5.74) is 0.876. The molecule has 3 rings (SSSR count). The van der Waals surface area contributed by atoms with Gasteiger partial charge in [0.25, 0.3) is 0 Å². The first-order chi connectivity index (χ1) is 14.5. The van der Waals surface area contributed by atoms with E-state index in [0.717, 1.165) is 49.7 Å². The van der Waals surface area contributed by atoms with Gasteiger partial charge in [-0.2, -0.15) is 0 Å². The fourth-order valence-electron chi connectivity index (χ4n) is 6.82. The SMILES string of the molecule is C=C1CC[C@@H](O)C/C1=C/[C@@H](O)[C@@]1(O)CCC[C@]2(C)[C@@H]([C@H](C)/C=C/[C@H](C)C(C)C)CC[C@@H]21. The minimum atomic E-state index is -1.09. The number of allylic oxidation sites excluding steroid dienone is 3. The largest absolute Gasteiger partial charge is 0.393 e. The van der Waals surface area contributed by atoms with Crippen molar-refractivity contribution in [3.8, 4) is 0 Å². The second-order valence-electron chi connectivity index (χ2n) is 11.6. The maximum Gasteiger partial charge on any atom is 0.102 e. The van der Waals surface area contributed by atoms with Gasteiger partial charge in [-0.1, -0.05) is 58.9 Å². The number of hydrogen-bond donors (Lipinski definition) is 3. The van der Waals surface area contributed by atoms with Crippen LogP contribution in [-0.2, 0) is 0 Å². The Morgan fingerprint density at radius 2 is 1.77 bits per heavy atom. The molecule has 3 aliphatic carbocycles. The molecular formula is C28H46O3. The van der Waals surface area contributed by atoms with Gasteiger partial charge in [-0.05, 0) is 98.0 Å². The van der Waals surface area contributed by atoms with Gasteiger partial charge in [-0.15, -0.1) is 0 Å². The average Bonchev–Trinajstić information content (AvgIpc) is 3.07. The number of aliphatic hydroxyl groups is 3. The van der Waals surface area contributed by atoms with Crippen molar-refractivity contribution in [3.05, 3.63) is 36.0 Å². The number of fused-ring (bicyclic) bond motifs is 1. The highest BCUT2D eigenvalue weighted by Gasteiger charge is 2.59. The van der Waals surface area contributed by atoms with Gasteiger partial charge >= 0.3 is 0 Å². The molecule has 0 radical (unpaired) electrons. The van der Waals surface area contributed by atoms with Crippen LogP contribution in [0.4, 0.5) is 0 Å². The van der Waals surface area contributed by atoms with Gasteiger partial charge in [0.15, 0.2) is 0 Å². The summed E-state index contributed by atoms with van der Waals surface area (Å²) < 4.78 is 0. The van der Waals surface area contributed by atoms with Crippen molar-refractivity contribution in [1.29, 1.82) is 0 Å². The maximum absolute atomic E-state index is 11.8. The molecule has 0 unspecified atom stereocenters. The smallest absolute Gasteiger partial charge is 0.102 e. The fraction of sp³-hybridized carbons (Fsp3) is 0.786.